The van der Waals surface area contributed by atoms with Crippen LogP contribution in [0.3, 0.4) is 0 Å². The number of hydrogen-bond donors (Lipinski definition) is 2. The molecule has 108 valence electrons. The molecule has 0 saturated heterocycles. The van der Waals surface area contributed by atoms with Gasteiger partial charge in [-0.25, -0.2) is 4.39 Å². The Morgan fingerprint density at radius 1 is 1.14 bits per heavy atom. The van der Waals surface area contributed by atoms with E-state index < -0.39 is 12.2 Å². The molecule has 1 atom stereocenters. The van der Waals surface area contributed by atoms with Crippen molar-refractivity contribution in [1.82, 2.24) is 0 Å². The SMILES string of the molecule is NC(F)C(=O)Nc1ccc(Cl)cc1C(=O)c1ccccc1. The van der Waals surface area contributed by atoms with Crippen molar-refractivity contribution in [2.75, 3.05) is 5.32 Å². The van der Waals surface area contributed by atoms with E-state index in [-0.39, 0.29) is 17.0 Å². The summed E-state index contributed by atoms with van der Waals surface area (Å²) in [4.78, 5) is 23.8. The highest BCUT2D eigenvalue weighted by Gasteiger charge is 2.18. The van der Waals surface area contributed by atoms with Crippen molar-refractivity contribution in [2.24, 2.45) is 5.73 Å². The molecule has 6 heteroatoms. The summed E-state index contributed by atoms with van der Waals surface area (Å²) in [5.74, 6) is -1.36. The molecule has 0 saturated carbocycles. The van der Waals surface area contributed by atoms with Crippen molar-refractivity contribution in [3.8, 4) is 0 Å². The van der Waals surface area contributed by atoms with Crippen LogP contribution in [0, 0.1) is 0 Å². The minimum absolute atomic E-state index is 0.159. The number of alkyl halides is 1. The minimum atomic E-state index is -2.17. The molecule has 2 aromatic rings. The highest BCUT2D eigenvalue weighted by Crippen LogP contribution is 2.23. The molecule has 0 radical (unpaired) electrons. The van der Waals surface area contributed by atoms with E-state index in [4.69, 9.17) is 17.3 Å². The Hall–Kier alpha value is -2.24. The highest BCUT2D eigenvalue weighted by atomic mass is 35.5. The zero-order valence-electron chi connectivity index (χ0n) is 10.8. The van der Waals surface area contributed by atoms with Crippen molar-refractivity contribution in [2.45, 2.75) is 6.30 Å². The molecule has 3 N–H and O–H groups in total. The van der Waals surface area contributed by atoms with Crippen molar-refractivity contribution in [1.29, 1.82) is 0 Å². The third kappa shape index (κ3) is 3.65. The minimum Gasteiger partial charge on any atom is -0.322 e. The Labute approximate surface area is 125 Å². The van der Waals surface area contributed by atoms with Crippen LogP contribution in [0.1, 0.15) is 15.9 Å². The van der Waals surface area contributed by atoms with E-state index in [0.29, 0.717) is 10.6 Å². The molecule has 2 rings (SSSR count). The van der Waals surface area contributed by atoms with E-state index in [0.717, 1.165) is 0 Å². The van der Waals surface area contributed by atoms with E-state index >= 15 is 0 Å². The van der Waals surface area contributed by atoms with Crippen LogP contribution in [0.4, 0.5) is 10.1 Å². The quantitative estimate of drug-likeness (QED) is 0.674. The Bertz CT molecular complexity index is 675. The summed E-state index contributed by atoms with van der Waals surface area (Å²) < 4.78 is 12.8. The number of rotatable bonds is 4. The second-order valence-electron chi connectivity index (χ2n) is 4.28. The van der Waals surface area contributed by atoms with Gasteiger partial charge >= 0.3 is 0 Å². The first-order valence-corrected chi connectivity index (χ1v) is 6.46. The Morgan fingerprint density at radius 3 is 2.43 bits per heavy atom. The molecule has 21 heavy (non-hydrogen) atoms. The number of benzene rings is 2. The van der Waals surface area contributed by atoms with E-state index in [2.05, 4.69) is 5.32 Å². The number of hydrogen-bond acceptors (Lipinski definition) is 3. The second kappa shape index (κ2) is 6.47. The molecule has 0 fully saturated rings. The third-order valence-electron chi connectivity index (χ3n) is 2.77. The lowest BCUT2D eigenvalue weighted by Gasteiger charge is -2.11. The van der Waals surface area contributed by atoms with Gasteiger partial charge in [0.2, 0.25) is 6.30 Å². The van der Waals surface area contributed by atoms with Gasteiger partial charge in [-0.3, -0.25) is 15.3 Å². The number of carbonyl (C=O) groups is 2. The smallest absolute Gasteiger partial charge is 0.273 e. The molecule has 1 amide bonds. The van der Waals surface area contributed by atoms with Crippen LogP contribution in [-0.4, -0.2) is 18.0 Å². The molecule has 0 heterocycles. The summed E-state index contributed by atoms with van der Waals surface area (Å²) in [7, 11) is 0. The van der Waals surface area contributed by atoms with Crippen molar-refractivity contribution in [3.05, 3.63) is 64.7 Å². The Kier molecular flexibility index (Phi) is 4.67. The van der Waals surface area contributed by atoms with Gasteiger partial charge in [0.1, 0.15) is 0 Å². The number of nitrogens with two attached hydrogens (primary N) is 1. The molecule has 4 nitrogen and oxygen atoms in total. The van der Waals surface area contributed by atoms with Gasteiger partial charge in [0.15, 0.2) is 5.78 Å². The van der Waals surface area contributed by atoms with Crippen LogP contribution < -0.4 is 11.1 Å². The van der Waals surface area contributed by atoms with Crippen LogP contribution in [0.5, 0.6) is 0 Å². The van der Waals surface area contributed by atoms with Crippen molar-refractivity contribution >= 4 is 29.0 Å². The number of ketones is 1. The zero-order chi connectivity index (χ0) is 15.4. The van der Waals surface area contributed by atoms with Gasteiger partial charge in [-0.05, 0) is 18.2 Å². The van der Waals surface area contributed by atoms with Gasteiger partial charge in [-0.15, -0.1) is 0 Å². The predicted molar refractivity (Wildman–Crippen MR) is 79.0 cm³/mol. The largest absolute Gasteiger partial charge is 0.322 e. The molecule has 0 bridgehead atoms. The topological polar surface area (TPSA) is 72.2 Å². The van der Waals surface area contributed by atoms with E-state index in [1.165, 1.54) is 18.2 Å². The molecular weight excluding hydrogens is 295 g/mol. The van der Waals surface area contributed by atoms with Gasteiger partial charge in [0, 0.05) is 16.1 Å². The molecule has 0 aliphatic rings. The highest BCUT2D eigenvalue weighted by molar-refractivity contribution is 6.31. The van der Waals surface area contributed by atoms with E-state index in [9.17, 15) is 14.0 Å². The maximum absolute atomic E-state index is 12.8. The van der Waals surface area contributed by atoms with Gasteiger partial charge in [0.25, 0.3) is 5.91 Å². The van der Waals surface area contributed by atoms with Gasteiger partial charge in [-0.1, -0.05) is 41.9 Å². The van der Waals surface area contributed by atoms with Crippen LogP contribution in [0.25, 0.3) is 0 Å². The summed E-state index contributed by atoms with van der Waals surface area (Å²) in [6.07, 6.45) is -2.17. The van der Waals surface area contributed by atoms with Crippen molar-refractivity contribution < 1.29 is 14.0 Å². The molecule has 0 aromatic heterocycles. The molecule has 1 unspecified atom stereocenters. The summed E-state index contributed by atoms with van der Waals surface area (Å²) in [5, 5.41) is 2.60. The molecule has 2 aromatic carbocycles. The standard InChI is InChI=1S/C15H12ClFN2O2/c16-10-6-7-12(19-15(21)14(17)18)11(8-10)13(20)9-4-2-1-3-5-9/h1-8,14H,18H2,(H,19,21). The fourth-order valence-corrected chi connectivity index (χ4v) is 1.93. The maximum atomic E-state index is 12.8. The van der Waals surface area contributed by atoms with E-state index in [1.807, 2.05) is 0 Å². The maximum Gasteiger partial charge on any atom is 0.273 e. The first-order chi connectivity index (χ1) is 9.99. The van der Waals surface area contributed by atoms with Crippen molar-refractivity contribution in [3.63, 3.8) is 0 Å². The second-order valence-corrected chi connectivity index (χ2v) is 4.71. The first-order valence-electron chi connectivity index (χ1n) is 6.09. The Morgan fingerprint density at radius 2 is 1.81 bits per heavy atom. The van der Waals surface area contributed by atoms with Crippen LogP contribution in [0.2, 0.25) is 5.02 Å². The van der Waals surface area contributed by atoms with E-state index in [1.54, 1.807) is 30.3 Å². The lowest BCUT2D eigenvalue weighted by atomic mass is 10.0. The average Bonchev–Trinajstić information content (AvgIpc) is 2.49. The average molecular weight is 307 g/mol. The summed E-state index contributed by atoms with van der Waals surface area (Å²) in [6.45, 7) is 0. The lowest BCUT2D eigenvalue weighted by Crippen LogP contribution is -2.31. The van der Waals surface area contributed by atoms with Gasteiger partial charge in [0.05, 0.1) is 5.69 Å². The summed E-state index contributed by atoms with van der Waals surface area (Å²) >= 11 is 5.88. The molecule has 0 aliphatic carbocycles. The number of nitrogens with one attached hydrogen (secondary N) is 1. The normalized spacial score (nSPS) is 11.8. The number of carbonyl (C=O) groups excluding carboxylic acids is 2. The van der Waals surface area contributed by atoms with Crippen LogP contribution in [0.15, 0.2) is 48.5 Å². The van der Waals surface area contributed by atoms with Gasteiger partial charge in [-0.2, -0.15) is 0 Å². The number of halogens is 2. The summed E-state index contributed by atoms with van der Waals surface area (Å²) in [6, 6.07) is 12.8. The fraction of sp³-hybridized carbons (Fsp3) is 0.0667. The monoisotopic (exact) mass is 306 g/mol. The zero-order valence-corrected chi connectivity index (χ0v) is 11.6. The summed E-state index contributed by atoms with van der Waals surface area (Å²) in [5.41, 5.74) is 5.62. The van der Waals surface area contributed by atoms with Crippen LogP contribution >= 0.6 is 11.6 Å². The predicted octanol–water partition coefficient (Wildman–Crippen LogP) is 2.76. The van der Waals surface area contributed by atoms with Gasteiger partial charge < -0.3 is 5.32 Å². The third-order valence-corrected chi connectivity index (χ3v) is 3.01. The fourth-order valence-electron chi connectivity index (χ4n) is 1.76. The molecule has 0 aliphatic heterocycles. The Balaban J connectivity index is 2.40. The van der Waals surface area contributed by atoms with Crippen LogP contribution in [-0.2, 0) is 4.79 Å². The molecular formula is C15H12ClFN2O2. The molecule has 0 spiro atoms. The number of amides is 1. The number of anilines is 1. The lowest BCUT2D eigenvalue weighted by molar-refractivity contribution is -0.120. The first kappa shape index (κ1) is 15.2.